The average Bonchev–Trinajstić information content (AvgIpc) is 3.28. The highest BCUT2D eigenvalue weighted by atomic mass is 32.2. The quantitative estimate of drug-likeness (QED) is 0.658. The molecule has 0 spiro atoms. The first kappa shape index (κ1) is 18.1. The van der Waals surface area contributed by atoms with Crippen molar-refractivity contribution < 1.29 is 12.9 Å². The van der Waals surface area contributed by atoms with E-state index in [2.05, 4.69) is 15.1 Å². The van der Waals surface area contributed by atoms with Crippen molar-refractivity contribution in [3.05, 3.63) is 41.2 Å². The predicted molar refractivity (Wildman–Crippen MR) is 102 cm³/mol. The number of hydrogen-bond donors (Lipinski definition) is 0. The van der Waals surface area contributed by atoms with Crippen molar-refractivity contribution in [2.75, 3.05) is 31.1 Å². The highest BCUT2D eigenvalue weighted by molar-refractivity contribution is 7.89. The lowest BCUT2D eigenvalue weighted by Crippen LogP contribution is -2.49. The van der Waals surface area contributed by atoms with Crippen LogP contribution in [0.25, 0.3) is 10.6 Å². The van der Waals surface area contributed by atoms with Crippen LogP contribution in [-0.2, 0) is 10.0 Å². The van der Waals surface area contributed by atoms with E-state index in [0.29, 0.717) is 42.8 Å². The number of nitrogens with zero attached hydrogens (tertiary/aromatic N) is 5. The standard InChI is InChI=1S/C17H19N5O3S2/c1-12-10-14(25-20-12)15-11-16(13(2)26-15)27(23,24)22-8-6-21(7-9-22)17-18-4-3-5-19-17/h3-5,10-11H,6-9H2,1-2H3. The second-order valence-electron chi connectivity index (χ2n) is 6.30. The largest absolute Gasteiger partial charge is 0.355 e. The van der Waals surface area contributed by atoms with Gasteiger partial charge in [0, 0.05) is 49.5 Å². The number of piperazine rings is 1. The van der Waals surface area contributed by atoms with Gasteiger partial charge in [0.25, 0.3) is 0 Å². The molecular formula is C17H19N5O3S2. The van der Waals surface area contributed by atoms with E-state index in [1.54, 1.807) is 30.6 Å². The first-order valence-electron chi connectivity index (χ1n) is 8.51. The third kappa shape index (κ3) is 3.47. The molecule has 0 saturated carbocycles. The van der Waals surface area contributed by atoms with E-state index in [-0.39, 0.29) is 0 Å². The summed E-state index contributed by atoms with van der Waals surface area (Å²) >= 11 is 1.40. The summed E-state index contributed by atoms with van der Waals surface area (Å²) in [6.45, 7) is 5.56. The molecule has 27 heavy (non-hydrogen) atoms. The van der Waals surface area contributed by atoms with Gasteiger partial charge >= 0.3 is 0 Å². The van der Waals surface area contributed by atoms with E-state index < -0.39 is 10.0 Å². The van der Waals surface area contributed by atoms with Crippen LogP contribution in [0.1, 0.15) is 10.6 Å². The molecule has 0 aromatic carbocycles. The van der Waals surface area contributed by atoms with Crippen LogP contribution in [0.4, 0.5) is 5.95 Å². The summed E-state index contributed by atoms with van der Waals surface area (Å²) in [7, 11) is -3.56. The Balaban J connectivity index is 1.53. The lowest BCUT2D eigenvalue weighted by Gasteiger charge is -2.33. The van der Waals surface area contributed by atoms with Crippen molar-refractivity contribution in [3.63, 3.8) is 0 Å². The first-order chi connectivity index (χ1) is 12.9. The fourth-order valence-corrected chi connectivity index (χ4v) is 5.98. The van der Waals surface area contributed by atoms with Gasteiger partial charge < -0.3 is 9.42 Å². The zero-order valence-corrected chi connectivity index (χ0v) is 16.6. The Bertz CT molecular complexity index is 1040. The molecular weight excluding hydrogens is 386 g/mol. The maximum Gasteiger partial charge on any atom is 0.244 e. The van der Waals surface area contributed by atoms with Crippen molar-refractivity contribution in [1.82, 2.24) is 19.4 Å². The first-order valence-corrected chi connectivity index (χ1v) is 10.8. The van der Waals surface area contributed by atoms with E-state index in [1.165, 1.54) is 15.6 Å². The summed E-state index contributed by atoms with van der Waals surface area (Å²) in [5.74, 6) is 1.22. The van der Waals surface area contributed by atoms with Gasteiger partial charge in [-0.3, -0.25) is 0 Å². The minimum Gasteiger partial charge on any atom is -0.355 e. The Morgan fingerprint density at radius 3 is 2.41 bits per heavy atom. The number of thiophene rings is 1. The van der Waals surface area contributed by atoms with E-state index >= 15 is 0 Å². The lowest BCUT2D eigenvalue weighted by molar-refractivity contribution is 0.382. The zero-order valence-electron chi connectivity index (χ0n) is 15.0. The Morgan fingerprint density at radius 1 is 1.07 bits per heavy atom. The molecule has 4 rings (SSSR count). The number of anilines is 1. The topological polar surface area (TPSA) is 92.4 Å². The Kier molecular flexibility index (Phi) is 4.70. The molecule has 0 radical (unpaired) electrons. The van der Waals surface area contributed by atoms with E-state index in [4.69, 9.17) is 4.52 Å². The molecule has 0 bridgehead atoms. The summed E-state index contributed by atoms with van der Waals surface area (Å²) in [6.07, 6.45) is 3.37. The molecule has 142 valence electrons. The molecule has 0 unspecified atom stereocenters. The average molecular weight is 406 g/mol. The van der Waals surface area contributed by atoms with E-state index in [9.17, 15) is 8.42 Å². The van der Waals surface area contributed by atoms with Gasteiger partial charge in [0.05, 0.1) is 15.5 Å². The summed E-state index contributed by atoms with van der Waals surface area (Å²) in [5.41, 5.74) is 0.764. The maximum atomic E-state index is 13.1. The summed E-state index contributed by atoms with van der Waals surface area (Å²) < 4.78 is 33.1. The fraction of sp³-hybridized carbons (Fsp3) is 0.353. The minimum absolute atomic E-state index is 0.334. The normalized spacial score (nSPS) is 16.0. The molecule has 10 heteroatoms. The number of hydrogen-bond acceptors (Lipinski definition) is 8. The number of sulfonamides is 1. The molecule has 1 aliphatic heterocycles. The van der Waals surface area contributed by atoms with Crippen LogP contribution < -0.4 is 4.90 Å². The van der Waals surface area contributed by atoms with E-state index in [0.717, 1.165) is 15.4 Å². The minimum atomic E-state index is -3.56. The number of aryl methyl sites for hydroxylation is 2. The maximum absolute atomic E-state index is 13.1. The Labute approximate surface area is 161 Å². The highest BCUT2D eigenvalue weighted by Gasteiger charge is 2.31. The van der Waals surface area contributed by atoms with Gasteiger partial charge in [-0.1, -0.05) is 5.16 Å². The van der Waals surface area contributed by atoms with Crippen LogP contribution in [0.3, 0.4) is 0 Å². The molecule has 4 heterocycles. The van der Waals surface area contributed by atoms with Gasteiger partial charge in [0.2, 0.25) is 16.0 Å². The molecule has 0 N–H and O–H groups in total. The summed E-state index contributed by atoms with van der Waals surface area (Å²) in [5, 5.41) is 3.88. The third-order valence-corrected chi connectivity index (χ3v) is 7.65. The lowest BCUT2D eigenvalue weighted by atomic mass is 10.3. The van der Waals surface area contributed by atoms with E-state index in [1.807, 2.05) is 18.7 Å². The molecule has 1 aliphatic rings. The molecule has 1 fully saturated rings. The SMILES string of the molecule is Cc1cc(-c2cc(S(=O)(=O)N3CCN(c4ncccn4)CC3)c(C)s2)on1. The van der Waals surface area contributed by atoms with Gasteiger partial charge in [0.1, 0.15) is 0 Å². The van der Waals surface area contributed by atoms with Crippen molar-refractivity contribution in [1.29, 1.82) is 0 Å². The zero-order chi connectivity index (χ0) is 19.0. The predicted octanol–water partition coefficient (Wildman–Crippen LogP) is 2.32. The van der Waals surface area contributed by atoms with Gasteiger partial charge in [-0.05, 0) is 26.0 Å². The Hall–Kier alpha value is -2.30. The number of aromatic nitrogens is 3. The molecule has 8 nitrogen and oxygen atoms in total. The number of rotatable bonds is 4. The second-order valence-corrected chi connectivity index (χ2v) is 9.47. The van der Waals surface area contributed by atoms with Crippen LogP contribution in [-0.4, -0.2) is 54.0 Å². The summed E-state index contributed by atoms with van der Waals surface area (Å²) in [6, 6.07) is 5.25. The van der Waals surface area contributed by atoms with Crippen molar-refractivity contribution in [2.24, 2.45) is 0 Å². The fourth-order valence-electron chi connectivity index (χ4n) is 3.04. The van der Waals surface area contributed by atoms with Crippen molar-refractivity contribution in [2.45, 2.75) is 18.7 Å². The van der Waals surface area contributed by atoms with Crippen LogP contribution in [0.15, 0.2) is 40.0 Å². The van der Waals surface area contributed by atoms with Crippen LogP contribution in [0, 0.1) is 13.8 Å². The van der Waals surface area contributed by atoms with Crippen LogP contribution in [0.5, 0.6) is 0 Å². The smallest absolute Gasteiger partial charge is 0.244 e. The van der Waals surface area contributed by atoms with Gasteiger partial charge in [-0.2, -0.15) is 4.31 Å². The van der Waals surface area contributed by atoms with Gasteiger partial charge in [0.15, 0.2) is 5.76 Å². The molecule has 1 saturated heterocycles. The molecule has 0 amide bonds. The van der Waals surface area contributed by atoms with Gasteiger partial charge in [-0.25, -0.2) is 18.4 Å². The van der Waals surface area contributed by atoms with Crippen LogP contribution >= 0.6 is 11.3 Å². The van der Waals surface area contributed by atoms with Crippen molar-refractivity contribution >= 4 is 27.3 Å². The van der Waals surface area contributed by atoms with Crippen molar-refractivity contribution in [3.8, 4) is 10.6 Å². The Morgan fingerprint density at radius 2 is 1.78 bits per heavy atom. The second kappa shape index (κ2) is 7.02. The third-order valence-electron chi connectivity index (χ3n) is 4.43. The van der Waals surface area contributed by atoms with Crippen LogP contribution in [0.2, 0.25) is 0 Å². The molecule has 0 aliphatic carbocycles. The summed E-state index contributed by atoms with van der Waals surface area (Å²) in [4.78, 5) is 12.3. The molecule has 0 atom stereocenters. The molecule has 3 aromatic heterocycles. The highest BCUT2D eigenvalue weighted by Crippen LogP contribution is 2.35. The van der Waals surface area contributed by atoms with Gasteiger partial charge in [-0.15, -0.1) is 11.3 Å². The molecule has 3 aromatic rings. The monoisotopic (exact) mass is 405 g/mol.